The lowest BCUT2D eigenvalue weighted by molar-refractivity contribution is 0.180. The Hall–Kier alpha value is -1.09. The molecule has 1 atom stereocenters. The number of aromatic nitrogens is 1. The van der Waals surface area contributed by atoms with Crippen molar-refractivity contribution in [1.29, 1.82) is 0 Å². The molecule has 1 aromatic heterocycles. The Morgan fingerprint density at radius 3 is 2.72 bits per heavy atom. The lowest BCUT2D eigenvalue weighted by Crippen LogP contribution is -2.35. The molecule has 1 aromatic rings. The first kappa shape index (κ1) is 15.0. The molecule has 1 unspecified atom stereocenters. The highest BCUT2D eigenvalue weighted by molar-refractivity contribution is 7.89. The fraction of sp³-hybridized carbons (Fsp3) is 0.400. The van der Waals surface area contributed by atoms with Gasteiger partial charge in [-0.05, 0) is 19.1 Å². The minimum atomic E-state index is -3.60. The molecule has 1 heterocycles. The Labute approximate surface area is 112 Å². The van der Waals surface area contributed by atoms with E-state index in [0.29, 0.717) is 5.69 Å². The van der Waals surface area contributed by atoms with Gasteiger partial charge in [0.25, 0.3) is 0 Å². The monoisotopic (exact) mass is 289 g/mol. The van der Waals surface area contributed by atoms with Crippen LogP contribution in [0.4, 0.5) is 0 Å². The molecule has 0 saturated carbocycles. The summed E-state index contributed by atoms with van der Waals surface area (Å²) >= 11 is 4.74. The highest BCUT2D eigenvalue weighted by Gasteiger charge is 2.17. The summed E-state index contributed by atoms with van der Waals surface area (Å²) in [4.78, 5) is 4.07. The third kappa shape index (κ3) is 3.98. The lowest BCUT2D eigenvalue weighted by Gasteiger charge is -2.13. The minimum Gasteiger partial charge on any atom is -0.388 e. The molecule has 1 rings (SSSR count). The number of methoxy groups -OCH3 is 1. The van der Waals surface area contributed by atoms with Crippen LogP contribution in [-0.2, 0) is 14.8 Å². The Bertz CT molecular complexity index is 514. The average Bonchev–Trinajstić information content (AvgIpc) is 2.28. The van der Waals surface area contributed by atoms with E-state index in [-0.39, 0.29) is 22.5 Å². The molecular formula is C10H15N3O3S2. The molecule has 0 aliphatic rings. The van der Waals surface area contributed by atoms with Gasteiger partial charge in [-0.15, -0.1) is 0 Å². The Kier molecular flexibility index (Phi) is 5.15. The van der Waals surface area contributed by atoms with Gasteiger partial charge < -0.3 is 10.5 Å². The van der Waals surface area contributed by atoms with E-state index < -0.39 is 10.0 Å². The highest BCUT2D eigenvalue weighted by Crippen LogP contribution is 2.08. The van der Waals surface area contributed by atoms with E-state index >= 15 is 0 Å². The van der Waals surface area contributed by atoms with Gasteiger partial charge in [0.15, 0.2) is 0 Å². The molecule has 6 nitrogen and oxygen atoms in total. The van der Waals surface area contributed by atoms with Gasteiger partial charge in [-0.3, -0.25) is 4.98 Å². The van der Waals surface area contributed by atoms with E-state index in [1.54, 1.807) is 6.92 Å². The summed E-state index contributed by atoms with van der Waals surface area (Å²) in [7, 11) is -2.10. The summed E-state index contributed by atoms with van der Waals surface area (Å²) in [5.74, 6) is 0. The van der Waals surface area contributed by atoms with Gasteiger partial charge in [-0.1, -0.05) is 12.2 Å². The topological polar surface area (TPSA) is 94.3 Å². The van der Waals surface area contributed by atoms with Crippen molar-refractivity contribution < 1.29 is 13.2 Å². The Morgan fingerprint density at radius 1 is 1.61 bits per heavy atom. The normalized spacial score (nSPS) is 13.2. The quantitative estimate of drug-likeness (QED) is 0.718. The largest absolute Gasteiger partial charge is 0.388 e. The first-order chi connectivity index (χ1) is 8.36. The van der Waals surface area contributed by atoms with Crippen LogP contribution in [0.2, 0.25) is 0 Å². The molecule has 100 valence electrons. The van der Waals surface area contributed by atoms with E-state index in [2.05, 4.69) is 9.71 Å². The second kappa shape index (κ2) is 6.19. The second-order valence-corrected chi connectivity index (χ2v) is 5.87. The van der Waals surface area contributed by atoms with Gasteiger partial charge in [0.2, 0.25) is 10.0 Å². The predicted molar refractivity (Wildman–Crippen MR) is 71.8 cm³/mol. The number of nitrogens with two attached hydrogens (primary N) is 1. The van der Waals surface area contributed by atoms with Crippen LogP contribution in [0, 0.1) is 0 Å². The van der Waals surface area contributed by atoms with Gasteiger partial charge in [0, 0.05) is 19.3 Å². The van der Waals surface area contributed by atoms with Crippen molar-refractivity contribution in [3.63, 3.8) is 0 Å². The van der Waals surface area contributed by atoms with Crippen molar-refractivity contribution in [2.75, 3.05) is 13.7 Å². The van der Waals surface area contributed by atoms with Crippen LogP contribution in [0.5, 0.6) is 0 Å². The minimum absolute atomic E-state index is 0.0606. The molecule has 0 aromatic carbocycles. The Morgan fingerprint density at radius 2 is 2.28 bits per heavy atom. The zero-order valence-corrected chi connectivity index (χ0v) is 11.7. The summed E-state index contributed by atoms with van der Waals surface area (Å²) in [5, 5.41) is 0. The summed E-state index contributed by atoms with van der Waals surface area (Å²) in [5.41, 5.74) is 5.76. The maximum absolute atomic E-state index is 11.9. The highest BCUT2D eigenvalue weighted by atomic mass is 32.2. The van der Waals surface area contributed by atoms with Gasteiger partial charge in [-0.2, -0.15) is 0 Å². The third-order valence-electron chi connectivity index (χ3n) is 2.07. The van der Waals surface area contributed by atoms with E-state index in [9.17, 15) is 8.42 Å². The molecule has 8 heteroatoms. The summed E-state index contributed by atoms with van der Waals surface area (Å²) in [6.07, 6.45) is 1.22. The molecule has 0 radical (unpaired) electrons. The standard InChI is InChI=1S/C10H15N3O3S2/c1-7(6-16-2)13-18(14,15)8-3-4-9(10(11)17)12-5-8/h3-5,7,13H,6H2,1-2H3,(H2,11,17). The number of nitrogens with zero attached hydrogens (tertiary/aromatic N) is 1. The van der Waals surface area contributed by atoms with Gasteiger partial charge in [-0.25, -0.2) is 13.1 Å². The first-order valence-electron chi connectivity index (χ1n) is 5.14. The third-order valence-corrected chi connectivity index (χ3v) is 3.86. The zero-order valence-electron chi connectivity index (χ0n) is 10.1. The van der Waals surface area contributed by atoms with Gasteiger partial charge in [0.1, 0.15) is 9.88 Å². The lowest BCUT2D eigenvalue weighted by atomic mass is 10.3. The second-order valence-electron chi connectivity index (χ2n) is 3.72. The van der Waals surface area contributed by atoms with Crippen molar-refractivity contribution >= 4 is 27.2 Å². The fourth-order valence-corrected chi connectivity index (χ4v) is 2.60. The molecule has 18 heavy (non-hydrogen) atoms. The van der Waals surface area contributed by atoms with Crippen LogP contribution < -0.4 is 10.5 Å². The van der Waals surface area contributed by atoms with Crippen molar-refractivity contribution in [3.8, 4) is 0 Å². The molecule has 0 saturated heterocycles. The zero-order chi connectivity index (χ0) is 13.8. The maximum Gasteiger partial charge on any atom is 0.242 e. The number of ether oxygens (including phenoxy) is 1. The van der Waals surface area contributed by atoms with E-state index in [1.165, 1.54) is 25.4 Å². The van der Waals surface area contributed by atoms with Gasteiger partial charge >= 0.3 is 0 Å². The number of sulfonamides is 1. The molecule has 0 fully saturated rings. The fourth-order valence-electron chi connectivity index (χ4n) is 1.30. The number of rotatable bonds is 6. The van der Waals surface area contributed by atoms with E-state index in [0.717, 1.165) is 0 Å². The van der Waals surface area contributed by atoms with Crippen LogP contribution in [0.3, 0.4) is 0 Å². The summed E-state index contributed by atoms with van der Waals surface area (Å²) in [6, 6.07) is 2.55. The van der Waals surface area contributed by atoms with Crippen LogP contribution in [0.15, 0.2) is 23.2 Å². The summed E-state index contributed by atoms with van der Waals surface area (Å²) < 4.78 is 31.2. The average molecular weight is 289 g/mol. The van der Waals surface area contributed by atoms with Gasteiger partial charge in [0.05, 0.1) is 12.3 Å². The van der Waals surface area contributed by atoms with Crippen molar-refractivity contribution in [3.05, 3.63) is 24.0 Å². The number of hydrogen-bond acceptors (Lipinski definition) is 5. The molecule has 0 spiro atoms. The SMILES string of the molecule is COCC(C)NS(=O)(=O)c1ccc(C(N)=S)nc1. The smallest absolute Gasteiger partial charge is 0.242 e. The number of thiocarbonyl (C=S) groups is 1. The molecular weight excluding hydrogens is 274 g/mol. The number of nitrogens with one attached hydrogen (secondary N) is 1. The summed E-state index contributed by atoms with van der Waals surface area (Å²) in [6.45, 7) is 2.00. The van der Waals surface area contributed by atoms with E-state index in [4.69, 9.17) is 22.7 Å². The molecule has 0 aliphatic heterocycles. The predicted octanol–water partition coefficient (Wildman–Crippen LogP) is 0.0290. The Balaban J connectivity index is 2.88. The van der Waals surface area contributed by atoms with Crippen molar-refractivity contribution in [2.24, 2.45) is 5.73 Å². The molecule has 0 amide bonds. The van der Waals surface area contributed by atoms with Crippen LogP contribution >= 0.6 is 12.2 Å². The van der Waals surface area contributed by atoms with Crippen molar-refractivity contribution in [2.45, 2.75) is 17.9 Å². The number of pyridine rings is 1. The van der Waals surface area contributed by atoms with Crippen LogP contribution in [0.25, 0.3) is 0 Å². The van der Waals surface area contributed by atoms with Crippen molar-refractivity contribution in [1.82, 2.24) is 9.71 Å². The maximum atomic E-state index is 11.9. The van der Waals surface area contributed by atoms with E-state index in [1.807, 2.05) is 0 Å². The van der Waals surface area contributed by atoms with Crippen LogP contribution in [0.1, 0.15) is 12.6 Å². The molecule has 0 aliphatic carbocycles. The van der Waals surface area contributed by atoms with Crippen LogP contribution in [-0.4, -0.2) is 38.1 Å². The molecule has 3 N–H and O–H groups in total. The first-order valence-corrected chi connectivity index (χ1v) is 7.03. The number of hydrogen-bond donors (Lipinski definition) is 2. The molecule has 0 bridgehead atoms.